The van der Waals surface area contributed by atoms with Crippen molar-refractivity contribution in [1.82, 2.24) is 0 Å². The molecule has 2 heteroatoms. The first-order chi connectivity index (χ1) is 3.31. The van der Waals surface area contributed by atoms with Gasteiger partial charge in [0.1, 0.15) is 0 Å². The minimum atomic E-state index is 0.822. The summed E-state index contributed by atoms with van der Waals surface area (Å²) in [6.45, 7) is 1.80. The predicted molar refractivity (Wildman–Crippen MR) is 29.5 cm³/mol. The van der Waals surface area contributed by atoms with Gasteiger partial charge in [-0.25, -0.2) is 0 Å². The van der Waals surface area contributed by atoms with Crippen LogP contribution in [0.1, 0.15) is 6.92 Å². The first-order valence-corrected chi connectivity index (χ1v) is 2.01. The Hall–Kier alpha value is -0.790. The number of methoxy groups -OCH3 is 1. The van der Waals surface area contributed by atoms with E-state index >= 15 is 0 Å². The van der Waals surface area contributed by atoms with Gasteiger partial charge in [0.25, 0.3) is 0 Å². The van der Waals surface area contributed by atoms with E-state index in [9.17, 15) is 0 Å². The summed E-state index contributed by atoms with van der Waals surface area (Å²) in [7, 11) is 1.56. The van der Waals surface area contributed by atoms with Crippen molar-refractivity contribution >= 4 is 6.21 Å². The zero-order chi connectivity index (χ0) is 5.70. The number of hydrogen-bond acceptors (Lipinski definition) is 2. The highest BCUT2D eigenvalue weighted by atomic mass is 16.5. The van der Waals surface area contributed by atoms with Crippen LogP contribution in [0.2, 0.25) is 0 Å². The van der Waals surface area contributed by atoms with Crippen LogP contribution in [0, 0.1) is 5.41 Å². The van der Waals surface area contributed by atoms with E-state index in [1.807, 2.05) is 0 Å². The fourth-order valence-electron chi connectivity index (χ4n) is 0.220. The van der Waals surface area contributed by atoms with Gasteiger partial charge in [0, 0.05) is 11.8 Å². The highest BCUT2D eigenvalue weighted by Gasteiger charge is 1.74. The molecule has 0 bridgehead atoms. The molecule has 0 aromatic heterocycles. The van der Waals surface area contributed by atoms with E-state index in [1.54, 1.807) is 14.0 Å². The number of allylic oxidation sites excluding steroid dienone is 1. The van der Waals surface area contributed by atoms with Gasteiger partial charge in [0.2, 0.25) is 0 Å². The molecule has 0 saturated carbocycles. The molecule has 0 aromatic carbocycles. The third-order valence-electron chi connectivity index (χ3n) is 0.531. The molecule has 1 N–H and O–H groups in total. The molecule has 0 atom stereocenters. The first-order valence-electron chi connectivity index (χ1n) is 2.01. The summed E-state index contributed by atoms with van der Waals surface area (Å²) in [5, 5.41) is 6.64. The number of ether oxygens (including phenoxy) is 1. The molecular weight excluding hydrogens is 90.1 g/mol. The fourth-order valence-corrected chi connectivity index (χ4v) is 0.220. The summed E-state index contributed by atoms with van der Waals surface area (Å²) in [6.07, 6.45) is 2.76. The second-order valence-electron chi connectivity index (χ2n) is 1.24. The molecule has 0 unspecified atom stereocenters. The van der Waals surface area contributed by atoms with Crippen molar-refractivity contribution in [3.8, 4) is 0 Å². The summed E-state index contributed by atoms with van der Waals surface area (Å²) in [5.41, 5.74) is 0.822. The van der Waals surface area contributed by atoms with Crippen molar-refractivity contribution in [3.63, 3.8) is 0 Å². The lowest BCUT2D eigenvalue weighted by molar-refractivity contribution is 0.336. The lowest BCUT2D eigenvalue weighted by Crippen LogP contribution is -1.75. The topological polar surface area (TPSA) is 33.1 Å². The lowest BCUT2D eigenvalue weighted by Gasteiger charge is -1.86. The molecule has 7 heavy (non-hydrogen) atoms. The van der Waals surface area contributed by atoms with E-state index in [-0.39, 0.29) is 0 Å². The average Bonchev–Trinajstić information content (AvgIpc) is 1.68. The largest absolute Gasteiger partial charge is 0.504 e. The fraction of sp³-hybridized carbons (Fsp3) is 0.400. The second kappa shape index (κ2) is 3.40. The van der Waals surface area contributed by atoms with Crippen LogP contribution in [0.15, 0.2) is 11.8 Å². The molecule has 0 spiro atoms. The van der Waals surface area contributed by atoms with Crippen molar-refractivity contribution in [1.29, 1.82) is 5.41 Å². The zero-order valence-electron chi connectivity index (χ0n) is 4.56. The molecule has 0 aliphatic heterocycles. The van der Waals surface area contributed by atoms with Gasteiger partial charge in [-0.3, -0.25) is 0 Å². The van der Waals surface area contributed by atoms with Crippen LogP contribution in [0.3, 0.4) is 0 Å². The van der Waals surface area contributed by atoms with Crippen LogP contribution < -0.4 is 0 Å². The van der Waals surface area contributed by atoms with Gasteiger partial charge in [0.15, 0.2) is 0 Å². The molecular formula is C5H9NO. The Bertz CT molecular complexity index is 86.1. The van der Waals surface area contributed by atoms with Crippen molar-refractivity contribution in [3.05, 3.63) is 11.8 Å². The smallest absolute Gasteiger partial charge is 0.0868 e. The first kappa shape index (κ1) is 6.21. The number of rotatable bonds is 2. The molecule has 40 valence electrons. The third-order valence-corrected chi connectivity index (χ3v) is 0.531. The van der Waals surface area contributed by atoms with Gasteiger partial charge in [-0.15, -0.1) is 0 Å². The standard InChI is InChI=1S/C5H9NO/c1-5(3-6)4-7-2/h3-4,6H,1-2H3/b5-4-,6-3?. The Kier molecular flexibility index (Phi) is 3.02. The molecule has 0 amide bonds. The van der Waals surface area contributed by atoms with Crippen molar-refractivity contribution in [2.24, 2.45) is 0 Å². The molecule has 0 fully saturated rings. The van der Waals surface area contributed by atoms with Crippen LogP contribution in [0.25, 0.3) is 0 Å². The molecule has 2 nitrogen and oxygen atoms in total. The van der Waals surface area contributed by atoms with Crippen LogP contribution in [-0.4, -0.2) is 13.3 Å². The quantitative estimate of drug-likeness (QED) is 0.409. The average molecular weight is 99.1 g/mol. The SMILES string of the molecule is CO/C=C(/C)C=N. The Morgan fingerprint density at radius 3 is 2.43 bits per heavy atom. The highest BCUT2D eigenvalue weighted by Crippen LogP contribution is 1.83. The summed E-state index contributed by atoms with van der Waals surface area (Å²) in [5.74, 6) is 0. The van der Waals surface area contributed by atoms with Crippen LogP contribution >= 0.6 is 0 Å². The molecule has 0 saturated heterocycles. The van der Waals surface area contributed by atoms with Gasteiger partial charge in [-0.2, -0.15) is 0 Å². The van der Waals surface area contributed by atoms with E-state index in [0.717, 1.165) is 5.57 Å². The van der Waals surface area contributed by atoms with Gasteiger partial charge in [-0.1, -0.05) is 0 Å². The van der Waals surface area contributed by atoms with E-state index in [2.05, 4.69) is 4.74 Å². The second-order valence-corrected chi connectivity index (χ2v) is 1.24. The van der Waals surface area contributed by atoms with Crippen molar-refractivity contribution in [2.75, 3.05) is 7.11 Å². The third kappa shape index (κ3) is 3.03. The molecule has 0 aromatic rings. The summed E-state index contributed by atoms with van der Waals surface area (Å²) in [4.78, 5) is 0. The molecule has 0 aliphatic carbocycles. The Balaban J connectivity index is 3.49. The maximum atomic E-state index is 6.64. The predicted octanol–water partition coefficient (Wildman–Crippen LogP) is 1.19. The molecule has 0 radical (unpaired) electrons. The summed E-state index contributed by atoms with van der Waals surface area (Å²) < 4.78 is 4.58. The minimum Gasteiger partial charge on any atom is -0.504 e. The van der Waals surface area contributed by atoms with E-state index < -0.39 is 0 Å². The maximum absolute atomic E-state index is 6.64. The Morgan fingerprint density at radius 1 is 1.71 bits per heavy atom. The van der Waals surface area contributed by atoms with Crippen molar-refractivity contribution < 1.29 is 4.74 Å². The van der Waals surface area contributed by atoms with Gasteiger partial charge < -0.3 is 10.1 Å². The van der Waals surface area contributed by atoms with Gasteiger partial charge >= 0.3 is 0 Å². The molecule has 0 heterocycles. The minimum absolute atomic E-state index is 0.822. The van der Waals surface area contributed by atoms with Gasteiger partial charge in [0.05, 0.1) is 13.4 Å². The Labute approximate surface area is 43.3 Å². The van der Waals surface area contributed by atoms with E-state index in [0.29, 0.717) is 0 Å². The summed E-state index contributed by atoms with van der Waals surface area (Å²) in [6, 6.07) is 0. The van der Waals surface area contributed by atoms with Gasteiger partial charge in [-0.05, 0) is 6.92 Å². The zero-order valence-corrected chi connectivity index (χ0v) is 4.56. The molecule has 0 aliphatic rings. The van der Waals surface area contributed by atoms with Crippen molar-refractivity contribution in [2.45, 2.75) is 6.92 Å². The number of hydrogen-bond donors (Lipinski definition) is 1. The van der Waals surface area contributed by atoms with Crippen LogP contribution in [-0.2, 0) is 4.74 Å². The van der Waals surface area contributed by atoms with E-state index in [1.165, 1.54) is 12.5 Å². The number of nitrogens with one attached hydrogen (secondary N) is 1. The molecule has 0 rings (SSSR count). The maximum Gasteiger partial charge on any atom is 0.0868 e. The van der Waals surface area contributed by atoms with E-state index in [4.69, 9.17) is 5.41 Å². The Morgan fingerprint density at radius 2 is 2.29 bits per heavy atom. The lowest BCUT2D eigenvalue weighted by atomic mass is 10.4. The van der Waals surface area contributed by atoms with Crippen LogP contribution in [0.4, 0.5) is 0 Å². The summed E-state index contributed by atoms with van der Waals surface area (Å²) >= 11 is 0. The highest BCUT2D eigenvalue weighted by molar-refractivity contribution is 5.74. The normalized spacial score (nSPS) is 10.9. The van der Waals surface area contributed by atoms with Crippen LogP contribution in [0.5, 0.6) is 0 Å². The monoisotopic (exact) mass is 99.1 g/mol.